The molecule has 0 aromatic heterocycles. The second-order valence-corrected chi connectivity index (χ2v) is 8.84. The van der Waals surface area contributed by atoms with Gasteiger partial charge in [-0.2, -0.15) is 57.1 Å². The number of rotatable bonds is 10. The molecule has 0 amide bonds. The fourth-order valence-corrected chi connectivity index (χ4v) is 3.66. The molecule has 214 valence electrons. The van der Waals surface area contributed by atoms with E-state index in [0.29, 0.717) is 12.0 Å². The van der Waals surface area contributed by atoms with Gasteiger partial charge in [0.1, 0.15) is 5.60 Å². The van der Waals surface area contributed by atoms with Gasteiger partial charge in [-0.15, -0.1) is 0 Å². The molecule has 2 unspecified atom stereocenters. The average Bonchev–Trinajstić information content (AvgIpc) is 2.82. The summed E-state index contributed by atoms with van der Waals surface area (Å²) >= 11 is 0. The van der Waals surface area contributed by atoms with E-state index in [1.165, 1.54) is 18.2 Å². The molecule has 2 aromatic carbocycles. The number of hydrogen-bond acceptors (Lipinski definition) is 1. The van der Waals surface area contributed by atoms with Crippen LogP contribution in [0.5, 0.6) is 0 Å². The smallest absolute Gasteiger partial charge is 0.380 e. The summed E-state index contributed by atoms with van der Waals surface area (Å²) in [6, 6.07) is 10.0. The molecule has 0 aliphatic heterocycles. The van der Waals surface area contributed by atoms with Crippen molar-refractivity contribution in [3.05, 3.63) is 71.3 Å². The first-order valence-corrected chi connectivity index (χ1v) is 10.9. The highest BCUT2D eigenvalue weighted by Gasteiger charge is 2.90. The van der Waals surface area contributed by atoms with Crippen LogP contribution in [0.1, 0.15) is 49.3 Å². The molecule has 2 aromatic rings. The third-order valence-corrected chi connectivity index (χ3v) is 6.27. The van der Waals surface area contributed by atoms with Gasteiger partial charge in [-0.1, -0.05) is 68.4 Å². The van der Waals surface area contributed by atoms with Crippen LogP contribution in [-0.4, -0.2) is 40.9 Å². The summed E-state index contributed by atoms with van der Waals surface area (Å²) in [4.78, 5) is 0. The Morgan fingerprint density at radius 3 is 1.58 bits per heavy atom. The number of aliphatic hydroxyl groups is 1. The van der Waals surface area contributed by atoms with Gasteiger partial charge in [0.25, 0.3) is 0 Å². The van der Waals surface area contributed by atoms with Crippen LogP contribution in [0.25, 0.3) is 0 Å². The highest BCUT2D eigenvalue weighted by molar-refractivity contribution is 5.39. The van der Waals surface area contributed by atoms with E-state index >= 15 is 0 Å². The molecule has 0 bridgehead atoms. The largest absolute Gasteiger partial charge is 0.460 e. The Hall–Kier alpha value is -2.51. The van der Waals surface area contributed by atoms with Crippen molar-refractivity contribution in [3.63, 3.8) is 0 Å². The lowest BCUT2D eigenvalue weighted by Crippen LogP contribution is -2.70. The molecule has 38 heavy (non-hydrogen) atoms. The van der Waals surface area contributed by atoms with Gasteiger partial charge in [-0.25, -0.2) is 0 Å². The van der Waals surface area contributed by atoms with E-state index in [4.69, 9.17) is 0 Å². The van der Waals surface area contributed by atoms with Gasteiger partial charge in [0, 0.05) is 0 Å². The van der Waals surface area contributed by atoms with Crippen molar-refractivity contribution in [2.24, 2.45) is 0 Å². The molecule has 14 heteroatoms. The monoisotopic (exact) mass is 572 g/mol. The number of halogens is 13. The third-order valence-electron chi connectivity index (χ3n) is 6.27. The first kappa shape index (κ1) is 31.7. The topological polar surface area (TPSA) is 20.2 Å². The predicted octanol–water partition coefficient (Wildman–Crippen LogP) is 8.56. The fourth-order valence-electron chi connectivity index (χ4n) is 3.66. The molecule has 2 rings (SSSR count). The Balaban J connectivity index is 2.71. The van der Waals surface area contributed by atoms with E-state index in [-0.39, 0.29) is 5.92 Å². The second-order valence-electron chi connectivity index (χ2n) is 8.84. The first-order chi connectivity index (χ1) is 17.0. The molecule has 0 heterocycles. The van der Waals surface area contributed by atoms with Gasteiger partial charge in [0.15, 0.2) is 0 Å². The van der Waals surface area contributed by atoms with E-state index in [2.05, 4.69) is 0 Å². The van der Waals surface area contributed by atoms with Crippen LogP contribution in [0.2, 0.25) is 0 Å². The van der Waals surface area contributed by atoms with Gasteiger partial charge in [0.2, 0.25) is 0 Å². The maximum absolute atomic E-state index is 14.9. The molecular weight excluding hydrogens is 551 g/mol. The van der Waals surface area contributed by atoms with Crippen molar-refractivity contribution in [3.8, 4) is 0 Å². The molecule has 0 saturated heterocycles. The van der Waals surface area contributed by atoms with Gasteiger partial charge in [-0.3, -0.25) is 0 Å². The van der Waals surface area contributed by atoms with Crippen molar-refractivity contribution in [1.29, 1.82) is 0 Å². The van der Waals surface area contributed by atoms with Crippen LogP contribution in [0, 0.1) is 0 Å². The fraction of sp³-hybridized carbons (Fsp3) is 0.500. The Morgan fingerprint density at radius 1 is 0.632 bits per heavy atom. The molecule has 0 aliphatic carbocycles. The maximum Gasteiger partial charge on any atom is 0.460 e. The predicted molar refractivity (Wildman–Crippen MR) is 110 cm³/mol. The molecule has 0 saturated carbocycles. The summed E-state index contributed by atoms with van der Waals surface area (Å²) in [6.07, 6.45) is -9.81. The molecule has 2 atom stereocenters. The summed E-state index contributed by atoms with van der Waals surface area (Å²) in [5, 5.41) is 11.2. The van der Waals surface area contributed by atoms with Crippen molar-refractivity contribution < 1.29 is 62.2 Å². The van der Waals surface area contributed by atoms with E-state index in [0.717, 1.165) is 36.4 Å². The van der Waals surface area contributed by atoms with Crippen molar-refractivity contribution in [2.75, 3.05) is 0 Å². The first-order valence-electron chi connectivity index (χ1n) is 10.9. The Labute approximate surface area is 208 Å². The zero-order valence-electron chi connectivity index (χ0n) is 19.5. The zero-order chi connectivity index (χ0) is 29.6. The van der Waals surface area contributed by atoms with E-state index in [1.54, 1.807) is 13.8 Å². The van der Waals surface area contributed by atoms with Crippen LogP contribution in [-0.2, 0) is 5.60 Å². The van der Waals surface area contributed by atoms with E-state index in [1.807, 2.05) is 0 Å². The molecule has 0 fully saturated rings. The highest BCUT2D eigenvalue weighted by Crippen LogP contribution is 2.61. The lowest BCUT2D eigenvalue weighted by Gasteiger charge is -2.42. The quantitative estimate of drug-likeness (QED) is 0.283. The number of alkyl halides is 13. The van der Waals surface area contributed by atoms with Crippen LogP contribution in [0.15, 0.2) is 54.6 Å². The minimum atomic E-state index is -8.01. The summed E-state index contributed by atoms with van der Waals surface area (Å²) in [6.45, 7) is 3.38. The highest BCUT2D eigenvalue weighted by atomic mass is 19.4. The van der Waals surface area contributed by atoms with Gasteiger partial charge in [0.05, 0.1) is 6.42 Å². The third kappa shape index (κ3) is 4.95. The summed E-state index contributed by atoms with van der Waals surface area (Å²) in [7, 11) is 0. The van der Waals surface area contributed by atoms with Crippen LogP contribution in [0.4, 0.5) is 57.1 Å². The van der Waals surface area contributed by atoms with Gasteiger partial charge in [-0.05, 0) is 29.0 Å². The average molecular weight is 572 g/mol. The molecular formula is C24H21F13O. The lowest BCUT2D eigenvalue weighted by atomic mass is 9.78. The Bertz CT molecular complexity index is 1100. The molecule has 0 aliphatic rings. The van der Waals surface area contributed by atoms with Crippen LogP contribution in [0.3, 0.4) is 0 Å². The zero-order valence-corrected chi connectivity index (χ0v) is 19.5. The number of benzene rings is 2. The molecule has 0 spiro atoms. The van der Waals surface area contributed by atoms with Crippen LogP contribution < -0.4 is 0 Å². The summed E-state index contributed by atoms with van der Waals surface area (Å²) in [5.41, 5.74) is -4.12. The Kier molecular flexibility index (Phi) is 8.27. The maximum atomic E-state index is 14.9. The van der Waals surface area contributed by atoms with Gasteiger partial charge < -0.3 is 5.11 Å². The SMILES string of the molecule is CCC(C)c1cccc(C(O)(CC(F)(F)C(F)(F)C(F)(F)C(F)(F)C(F)(F)C(F)(F)F)c2ccccc2)c1. The minimum absolute atomic E-state index is 0.287. The second kappa shape index (κ2) is 9.91. The summed E-state index contributed by atoms with van der Waals surface area (Å²) < 4.78 is 177. The van der Waals surface area contributed by atoms with Crippen molar-refractivity contribution in [2.45, 2.75) is 74.0 Å². The normalized spacial score (nSPS) is 16.7. The summed E-state index contributed by atoms with van der Waals surface area (Å²) in [5.74, 6) is -38.0. The molecule has 1 nitrogen and oxygen atoms in total. The Morgan fingerprint density at radius 2 is 1.11 bits per heavy atom. The van der Waals surface area contributed by atoms with Crippen molar-refractivity contribution in [1.82, 2.24) is 0 Å². The minimum Gasteiger partial charge on any atom is -0.380 e. The van der Waals surface area contributed by atoms with Crippen LogP contribution >= 0.6 is 0 Å². The van der Waals surface area contributed by atoms with E-state index in [9.17, 15) is 62.2 Å². The van der Waals surface area contributed by atoms with E-state index < -0.39 is 58.9 Å². The standard InChI is InChI=1S/C24H21F13O/c1-3-14(2)15-8-7-11-17(12-15)18(38,16-9-5-4-6-10-16)13-19(25,26)20(27,28)21(29,30)22(31,32)23(33,34)24(35,36)37/h4-12,14,38H,3,13H2,1-2H3. The molecule has 0 radical (unpaired) electrons. The number of hydrogen-bond donors (Lipinski definition) is 1. The van der Waals surface area contributed by atoms with Gasteiger partial charge >= 0.3 is 35.8 Å². The lowest BCUT2D eigenvalue weighted by molar-refractivity contribution is -0.441. The van der Waals surface area contributed by atoms with Crippen molar-refractivity contribution >= 4 is 0 Å². The molecule has 1 N–H and O–H groups in total.